The highest BCUT2D eigenvalue weighted by Gasteiger charge is 2.29. The van der Waals surface area contributed by atoms with Gasteiger partial charge >= 0.3 is 6.03 Å². The lowest BCUT2D eigenvalue weighted by Crippen LogP contribution is -2.33. The lowest BCUT2D eigenvalue weighted by Gasteiger charge is -2.02. The number of imide groups is 1. The Morgan fingerprint density at radius 2 is 2.27 bits per heavy atom. The summed E-state index contributed by atoms with van der Waals surface area (Å²) in [6.07, 6.45) is 0. The molecular formula is C5H6N2O4. The first-order valence-corrected chi connectivity index (χ1v) is 2.90. The van der Waals surface area contributed by atoms with Crippen LogP contribution in [-0.4, -0.2) is 31.1 Å². The number of hydrogen-bond donors (Lipinski definition) is 2. The number of urea groups is 1. The molecule has 1 aliphatic heterocycles. The standard InChI is InChI=1S/C5H6N2O4/c8-2-11-1-3-4(9)7-5(10)6-3/h2-3H,1H2,(H2,6,7,9,10). The van der Waals surface area contributed by atoms with E-state index in [9.17, 15) is 14.4 Å². The highest BCUT2D eigenvalue weighted by atomic mass is 16.5. The molecule has 1 atom stereocenters. The fourth-order valence-electron chi connectivity index (χ4n) is 0.712. The zero-order valence-electron chi connectivity index (χ0n) is 5.49. The molecule has 1 heterocycles. The Morgan fingerprint density at radius 3 is 2.73 bits per heavy atom. The lowest BCUT2D eigenvalue weighted by atomic mass is 10.3. The number of ether oxygens (including phenoxy) is 1. The minimum Gasteiger partial charge on any atom is -0.465 e. The number of rotatable bonds is 3. The second-order valence-corrected chi connectivity index (χ2v) is 1.94. The van der Waals surface area contributed by atoms with E-state index in [1.54, 1.807) is 0 Å². The largest absolute Gasteiger partial charge is 0.465 e. The van der Waals surface area contributed by atoms with Gasteiger partial charge in [0, 0.05) is 0 Å². The van der Waals surface area contributed by atoms with Crippen LogP contribution in [0.25, 0.3) is 0 Å². The van der Waals surface area contributed by atoms with E-state index in [1.807, 2.05) is 5.32 Å². The van der Waals surface area contributed by atoms with Crippen molar-refractivity contribution in [2.45, 2.75) is 6.04 Å². The smallest absolute Gasteiger partial charge is 0.322 e. The molecule has 0 bridgehead atoms. The molecule has 0 saturated carbocycles. The summed E-state index contributed by atoms with van der Waals surface area (Å²) in [5.74, 6) is -0.475. The van der Waals surface area contributed by atoms with Crippen molar-refractivity contribution in [3.63, 3.8) is 0 Å². The van der Waals surface area contributed by atoms with Crippen molar-refractivity contribution in [1.29, 1.82) is 0 Å². The van der Waals surface area contributed by atoms with Crippen molar-refractivity contribution < 1.29 is 19.1 Å². The molecule has 0 aromatic carbocycles. The molecule has 0 aromatic rings. The zero-order valence-corrected chi connectivity index (χ0v) is 5.49. The number of hydrogen-bond acceptors (Lipinski definition) is 4. The third-order valence-electron chi connectivity index (χ3n) is 1.19. The molecule has 0 radical (unpaired) electrons. The van der Waals surface area contributed by atoms with Gasteiger partial charge in [0.25, 0.3) is 12.4 Å². The normalized spacial score (nSPS) is 22.4. The Morgan fingerprint density at radius 1 is 1.55 bits per heavy atom. The zero-order chi connectivity index (χ0) is 8.27. The van der Waals surface area contributed by atoms with Crippen LogP contribution in [-0.2, 0) is 14.3 Å². The van der Waals surface area contributed by atoms with Crippen molar-refractivity contribution >= 4 is 18.4 Å². The molecule has 1 saturated heterocycles. The SMILES string of the molecule is O=COCC1NC(=O)NC1=O. The minimum atomic E-state index is -0.743. The Bertz CT molecular complexity index is 203. The van der Waals surface area contributed by atoms with Crippen LogP contribution in [0, 0.1) is 0 Å². The number of carbonyl (C=O) groups is 3. The van der Waals surface area contributed by atoms with Gasteiger partial charge < -0.3 is 10.1 Å². The summed E-state index contributed by atoms with van der Waals surface area (Å²) >= 11 is 0. The second kappa shape index (κ2) is 3.00. The summed E-state index contributed by atoms with van der Waals surface area (Å²) in [6.45, 7) is 0.0961. The van der Waals surface area contributed by atoms with Gasteiger partial charge in [-0.3, -0.25) is 14.9 Å². The molecule has 11 heavy (non-hydrogen) atoms. The van der Waals surface area contributed by atoms with Crippen LogP contribution in [0.5, 0.6) is 0 Å². The molecule has 60 valence electrons. The second-order valence-electron chi connectivity index (χ2n) is 1.94. The first kappa shape index (κ1) is 7.52. The van der Waals surface area contributed by atoms with Gasteiger partial charge in [-0.15, -0.1) is 0 Å². The van der Waals surface area contributed by atoms with E-state index in [1.165, 1.54) is 0 Å². The Hall–Kier alpha value is -1.59. The Labute approximate surface area is 61.9 Å². The summed E-state index contributed by atoms with van der Waals surface area (Å²) in [7, 11) is 0. The van der Waals surface area contributed by atoms with E-state index in [2.05, 4.69) is 10.1 Å². The predicted octanol–water partition coefficient (Wildman–Crippen LogP) is -1.63. The summed E-state index contributed by atoms with van der Waals surface area (Å²) in [5.41, 5.74) is 0. The molecule has 0 spiro atoms. The van der Waals surface area contributed by atoms with Crippen molar-refractivity contribution in [2.75, 3.05) is 6.61 Å². The maximum absolute atomic E-state index is 10.7. The van der Waals surface area contributed by atoms with E-state index in [0.29, 0.717) is 0 Å². The van der Waals surface area contributed by atoms with Crippen molar-refractivity contribution in [3.8, 4) is 0 Å². The van der Waals surface area contributed by atoms with Gasteiger partial charge in [-0.25, -0.2) is 4.79 Å². The Balaban J connectivity index is 2.40. The quantitative estimate of drug-likeness (QED) is 0.381. The van der Waals surface area contributed by atoms with Crippen LogP contribution in [0.1, 0.15) is 0 Å². The van der Waals surface area contributed by atoms with Gasteiger partial charge in [0.15, 0.2) is 0 Å². The molecule has 1 rings (SSSR count). The fourth-order valence-corrected chi connectivity index (χ4v) is 0.712. The van der Waals surface area contributed by atoms with Crippen LogP contribution in [0.4, 0.5) is 4.79 Å². The third kappa shape index (κ3) is 1.66. The van der Waals surface area contributed by atoms with Crippen molar-refractivity contribution in [3.05, 3.63) is 0 Å². The topological polar surface area (TPSA) is 84.5 Å². The van der Waals surface area contributed by atoms with Crippen LogP contribution in [0.15, 0.2) is 0 Å². The summed E-state index contributed by atoms with van der Waals surface area (Å²) < 4.78 is 4.28. The predicted molar refractivity (Wildman–Crippen MR) is 32.5 cm³/mol. The maximum Gasteiger partial charge on any atom is 0.322 e. The molecule has 1 unspecified atom stereocenters. The molecule has 3 amide bonds. The van der Waals surface area contributed by atoms with Gasteiger partial charge in [-0.05, 0) is 0 Å². The van der Waals surface area contributed by atoms with Crippen molar-refractivity contribution in [2.24, 2.45) is 0 Å². The molecule has 6 heteroatoms. The third-order valence-corrected chi connectivity index (χ3v) is 1.19. The molecule has 2 N–H and O–H groups in total. The van der Waals surface area contributed by atoms with E-state index in [4.69, 9.17) is 0 Å². The minimum absolute atomic E-state index is 0.124. The van der Waals surface area contributed by atoms with E-state index < -0.39 is 18.0 Å². The molecule has 6 nitrogen and oxygen atoms in total. The van der Waals surface area contributed by atoms with Gasteiger partial charge in [-0.2, -0.15) is 0 Å². The van der Waals surface area contributed by atoms with E-state index in [-0.39, 0.29) is 13.1 Å². The van der Waals surface area contributed by atoms with Gasteiger partial charge in [0.2, 0.25) is 0 Å². The molecular weight excluding hydrogens is 152 g/mol. The van der Waals surface area contributed by atoms with Crippen LogP contribution in [0.3, 0.4) is 0 Å². The van der Waals surface area contributed by atoms with Crippen molar-refractivity contribution in [1.82, 2.24) is 10.6 Å². The average molecular weight is 158 g/mol. The maximum atomic E-state index is 10.7. The summed E-state index contributed by atoms with van der Waals surface area (Å²) in [5, 5.41) is 4.25. The van der Waals surface area contributed by atoms with Gasteiger partial charge in [0.1, 0.15) is 12.6 Å². The van der Waals surface area contributed by atoms with Gasteiger partial charge in [-0.1, -0.05) is 0 Å². The first-order chi connectivity index (χ1) is 5.24. The first-order valence-electron chi connectivity index (χ1n) is 2.90. The summed E-state index contributed by atoms with van der Waals surface area (Å²) in [4.78, 5) is 30.8. The summed E-state index contributed by atoms with van der Waals surface area (Å²) in [6, 6.07) is -1.30. The van der Waals surface area contributed by atoms with Gasteiger partial charge in [0.05, 0.1) is 0 Å². The van der Waals surface area contributed by atoms with E-state index in [0.717, 1.165) is 0 Å². The highest BCUT2D eigenvalue weighted by molar-refractivity contribution is 6.04. The van der Waals surface area contributed by atoms with E-state index >= 15 is 0 Å². The molecule has 1 aliphatic rings. The molecule has 0 aliphatic carbocycles. The molecule has 0 aromatic heterocycles. The molecule has 1 fully saturated rings. The fraction of sp³-hybridized carbons (Fsp3) is 0.400. The van der Waals surface area contributed by atoms with Crippen LogP contribution >= 0.6 is 0 Å². The monoisotopic (exact) mass is 158 g/mol. The number of carbonyl (C=O) groups excluding carboxylic acids is 3. The average Bonchev–Trinajstić information content (AvgIpc) is 2.26. The lowest BCUT2D eigenvalue weighted by molar-refractivity contribution is -0.131. The highest BCUT2D eigenvalue weighted by Crippen LogP contribution is 1.92. The van der Waals surface area contributed by atoms with Crippen LogP contribution < -0.4 is 10.6 Å². The Kier molecular flexibility index (Phi) is 2.05. The number of amides is 3. The number of nitrogens with one attached hydrogen (secondary N) is 2. The van der Waals surface area contributed by atoms with Crippen LogP contribution in [0.2, 0.25) is 0 Å².